The van der Waals surface area contributed by atoms with E-state index in [9.17, 15) is 28.8 Å². The summed E-state index contributed by atoms with van der Waals surface area (Å²) in [5.41, 5.74) is 0. The third-order valence-corrected chi connectivity index (χ3v) is 5.18. The Labute approximate surface area is 193 Å². The van der Waals surface area contributed by atoms with E-state index in [4.69, 9.17) is 9.47 Å². The summed E-state index contributed by atoms with van der Waals surface area (Å²) in [6.45, 7) is 0.398. The minimum absolute atomic E-state index is 0.110. The van der Waals surface area contributed by atoms with Crippen LogP contribution in [0.1, 0.15) is 70.6 Å². The molecule has 186 valence electrons. The van der Waals surface area contributed by atoms with Gasteiger partial charge in [-0.2, -0.15) is 0 Å². The predicted molar refractivity (Wildman–Crippen MR) is 115 cm³/mol. The predicted octanol–water partition coefficient (Wildman–Crippen LogP) is 1.35. The molecule has 33 heavy (non-hydrogen) atoms. The Kier molecular flexibility index (Phi) is 13.4. The first-order chi connectivity index (χ1) is 15.8. The number of unbranched alkanes of at least 4 members (excludes halogenated alkanes) is 4. The molecule has 0 aromatic carbocycles. The van der Waals surface area contributed by atoms with Crippen LogP contribution in [0, 0.1) is 0 Å². The number of ketones is 2. The molecule has 0 bridgehead atoms. The SMILES string of the molecule is COC(=O)NCCCCC(NC(=O)CCCCCCC(=O)OC1C(=O)CCC1=O)C(=O)OC. The standard InChI is InChI=1S/C22H34N2O9/c1-31-21(29)15(9-7-8-14-23-22(30)32-2)24-18(27)10-5-3-4-6-11-19(28)33-20-16(25)12-13-17(20)26/h15,20H,3-14H2,1-2H3,(H,23,30)(H,24,27). The number of esters is 2. The Balaban J connectivity index is 2.17. The van der Waals surface area contributed by atoms with Gasteiger partial charge in [0.15, 0.2) is 11.6 Å². The number of ether oxygens (including phenoxy) is 3. The average molecular weight is 471 g/mol. The van der Waals surface area contributed by atoms with E-state index in [0.717, 1.165) is 0 Å². The second-order valence-corrected chi connectivity index (χ2v) is 7.77. The molecule has 0 aliphatic heterocycles. The summed E-state index contributed by atoms with van der Waals surface area (Å²) >= 11 is 0. The molecule has 0 saturated heterocycles. The van der Waals surface area contributed by atoms with E-state index in [2.05, 4.69) is 15.4 Å². The summed E-state index contributed by atoms with van der Waals surface area (Å²) in [6.07, 6.45) is 2.93. The Hall–Kier alpha value is -2.98. The maximum absolute atomic E-state index is 12.2. The van der Waals surface area contributed by atoms with Crippen LogP contribution < -0.4 is 10.6 Å². The molecule has 11 heteroatoms. The molecule has 0 aromatic rings. The van der Waals surface area contributed by atoms with Crippen molar-refractivity contribution in [2.24, 2.45) is 0 Å². The Morgan fingerprint density at radius 2 is 1.52 bits per heavy atom. The van der Waals surface area contributed by atoms with E-state index in [1.54, 1.807) is 0 Å². The van der Waals surface area contributed by atoms with Gasteiger partial charge >= 0.3 is 18.0 Å². The number of amides is 2. The summed E-state index contributed by atoms with van der Waals surface area (Å²) < 4.78 is 14.2. The highest BCUT2D eigenvalue weighted by atomic mass is 16.6. The van der Waals surface area contributed by atoms with Crippen LogP contribution in [0.15, 0.2) is 0 Å². The van der Waals surface area contributed by atoms with Crippen LogP contribution in [-0.4, -0.2) is 68.4 Å². The molecule has 0 radical (unpaired) electrons. The molecule has 1 unspecified atom stereocenters. The van der Waals surface area contributed by atoms with E-state index in [0.29, 0.717) is 51.5 Å². The zero-order valence-corrected chi connectivity index (χ0v) is 19.3. The van der Waals surface area contributed by atoms with Gasteiger partial charge in [0, 0.05) is 32.2 Å². The van der Waals surface area contributed by atoms with E-state index >= 15 is 0 Å². The number of methoxy groups -OCH3 is 2. The summed E-state index contributed by atoms with van der Waals surface area (Å²) in [6, 6.07) is -0.753. The highest BCUT2D eigenvalue weighted by Gasteiger charge is 2.35. The number of carbonyl (C=O) groups is 6. The van der Waals surface area contributed by atoms with E-state index in [1.807, 2.05) is 0 Å². The summed E-state index contributed by atoms with van der Waals surface area (Å²) in [5.74, 6) is -2.05. The van der Waals surface area contributed by atoms with Gasteiger partial charge in [-0.15, -0.1) is 0 Å². The second kappa shape index (κ2) is 15.8. The van der Waals surface area contributed by atoms with Crippen LogP contribution in [0.4, 0.5) is 4.79 Å². The fourth-order valence-corrected chi connectivity index (χ4v) is 3.31. The minimum Gasteiger partial charge on any atom is -0.467 e. The van der Waals surface area contributed by atoms with Gasteiger partial charge in [0.25, 0.3) is 0 Å². The van der Waals surface area contributed by atoms with Gasteiger partial charge in [-0.05, 0) is 32.1 Å². The first-order valence-corrected chi connectivity index (χ1v) is 11.2. The summed E-state index contributed by atoms with van der Waals surface area (Å²) in [5, 5.41) is 5.21. The Bertz CT molecular complexity index is 692. The normalized spacial score (nSPS) is 14.5. The van der Waals surface area contributed by atoms with E-state index in [1.165, 1.54) is 14.2 Å². The van der Waals surface area contributed by atoms with Crippen molar-refractivity contribution < 1.29 is 43.0 Å². The van der Waals surface area contributed by atoms with Crippen molar-refractivity contribution >= 4 is 35.5 Å². The van der Waals surface area contributed by atoms with Crippen molar-refractivity contribution in [1.29, 1.82) is 0 Å². The number of alkyl carbamates (subject to hydrolysis) is 1. The monoisotopic (exact) mass is 470 g/mol. The number of hydrogen-bond acceptors (Lipinski definition) is 9. The lowest BCUT2D eigenvalue weighted by molar-refractivity contribution is -0.157. The zero-order chi connectivity index (χ0) is 24.6. The third-order valence-electron chi connectivity index (χ3n) is 5.18. The fourth-order valence-electron chi connectivity index (χ4n) is 3.31. The molecule has 0 aromatic heterocycles. The van der Waals surface area contributed by atoms with Crippen LogP contribution in [0.25, 0.3) is 0 Å². The molecule has 1 fully saturated rings. The maximum atomic E-state index is 12.2. The van der Waals surface area contributed by atoms with Gasteiger partial charge in [0.2, 0.25) is 12.0 Å². The minimum atomic E-state index is -1.23. The first-order valence-electron chi connectivity index (χ1n) is 11.2. The molecule has 1 saturated carbocycles. The molecule has 0 heterocycles. The molecular weight excluding hydrogens is 436 g/mol. The van der Waals surface area contributed by atoms with Gasteiger partial charge in [0.1, 0.15) is 6.04 Å². The quantitative estimate of drug-likeness (QED) is 0.156. The fraction of sp³-hybridized carbons (Fsp3) is 0.727. The number of Topliss-reactive ketones (excluding diaryl/α,β-unsaturated/α-hetero) is 2. The lowest BCUT2D eigenvalue weighted by Crippen LogP contribution is -2.41. The average Bonchev–Trinajstić information content (AvgIpc) is 3.11. The highest BCUT2D eigenvalue weighted by molar-refractivity contribution is 6.12. The molecule has 1 rings (SSSR count). The van der Waals surface area contributed by atoms with Crippen molar-refractivity contribution in [3.05, 3.63) is 0 Å². The summed E-state index contributed by atoms with van der Waals surface area (Å²) in [4.78, 5) is 69.8. The van der Waals surface area contributed by atoms with Crippen LogP contribution in [0.2, 0.25) is 0 Å². The number of carbonyl (C=O) groups excluding carboxylic acids is 6. The second-order valence-electron chi connectivity index (χ2n) is 7.77. The lowest BCUT2D eigenvalue weighted by Gasteiger charge is -2.16. The topological polar surface area (TPSA) is 154 Å². The van der Waals surface area contributed by atoms with Gasteiger partial charge in [-0.1, -0.05) is 12.8 Å². The molecule has 1 atom stereocenters. The van der Waals surface area contributed by atoms with Gasteiger partial charge in [-0.25, -0.2) is 9.59 Å². The maximum Gasteiger partial charge on any atom is 0.406 e. The van der Waals surface area contributed by atoms with Crippen molar-refractivity contribution in [1.82, 2.24) is 10.6 Å². The zero-order valence-electron chi connectivity index (χ0n) is 19.3. The molecular formula is C22H34N2O9. The van der Waals surface area contributed by atoms with Crippen LogP contribution in [-0.2, 0) is 38.2 Å². The number of hydrogen-bond donors (Lipinski definition) is 2. The highest BCUT2D eigenvalue weighted by Crippen LogP contribution is 2.16. The van der Waals surface area contributed by atoms with Crippen molar-refractivity contribution in [2.75, 3.05) is 20.8 Å². The van der Waals surface area contributed by atoms with Gasteiger partial charge in [-0.3, -0.25) is 19.2 Å². The number of rotatable bonds is 15. The molecule has 11 nitrogen and oxygen atoms in total. The van der Waals surface area contributed by atoms with Crippen molar-refractivity contribution in [2.45, 2.75) is 82.8 Å². The van der Waals surface area contributed by atoms with Crippen LogP contribution >= 0.6 is 0 Å². The van der Waals surface area contributed by atoms with Gasteiger partial charge in [0.05, 0.1) is 14.2 Å². The van der Waals surface area contributed by atoms with Gasteiger partial charge < -0.3 is 24.8 Å². The first kappa shape index (κ1) is 28.1. The molecule has 1 aliphatic carbocycles. The Morgan fingerprint density at radius 1 is 0.879 bits per heavy atom. The smallest absolute Gasteiger partial charge is 0.406 e. The largest absolute Gasteiger partial charge is 0.467 e. The van der Waals surface area contributed by atoms with Crippen molar-refractivity contribution in [3.63, 3.8) is 0 Å². The summed E-state index contributed by atoms with van der Waals surface area (Å²) in [7, 11) is 2.53. The lowest BCUT2D eigenvalue weighted by atomic mass is 10.1. The van der Waals surface area contributed by atoms with Crippen LogP contribution in [0.5, 0.6) is 0 Å². The Morgan fingerprint density at radius 3 is 2.12 bits per heavy atom. The van der Waals surface area contributed by atoms with E-state index < -0.39 is 30.2 Å². The van der Waals surface area contributed by atoms with Crippen molar-refractivity contribution in [3.8, 4) is 0 Å². The van der Waals surface area contributed by atoms with E-state index in [-0.39, 0.29) is 43.2 Å². The number of nitrogens with one attached hydrogen (secondary N) is 2. The van der Waals surface area contributed by atoms with Crippen LogP contribution in [0.3, 0.4) is 0 Å². The molecule has 2 N–H and O–H groups in total. The molecule has 1 aliphatic rings. The third kappa shape index (κ3) is 11.4. The molecule has 2 amide bonds. The molecule has 0 spiro atoms.